The van der Waals surface area contributed by atoms with Crippen molar-refractivity contribution in [2.24, 2.45) is 0 Å². The number of amides is 1. The molecule has 0 saturated heterocycles. The van der Waals surface area contributed by atoms with Gasteiger partial charge in [-0.25, -0.2) is 0 Å². The van der Waals surface area contributed by atoms with Gasteiger partial charge < -0.3 is 20.1 Å². The van der Waals surface area contributed by atoms with Gasteiger partial charge in [-0.2, -0.15) is 0 Å². The van der Waals surface area contributed by atoms with Gasteiger partial charge in [0.1, 0.15) is 0 Å². The Bertz CT molecular complexity index is 477. The van der Waals surface area contributed by atoms with E-state index in [9.17, 15) is 4.79 Å². The summed E-state index contributed by atoms with van der Waals surface area (Å²) in [5.74, 6) is 1.70. The van der Waals surface area contributed by atoms with Gasteiger partial charge in [0.15, 0.2) is 11.5 Å². The van der Waals surface area contributed by atoms with Crippen LogP contribution in [0.5, 0.6) is 11.5 Å². The van der Waals surface area contributed by atoms with Crippen LogP contribution in [0.25, 0.3) is 0 Å². The van der Waals surface area contributed by atoms with Gasteiger partial charge in [-0.15, -0.1) is 0 Å². The number of ether oxygens (including phenoxy) is 2. The summed E-state index contributed by atoms with van der Waals surface area (Å²) in [5, 5.41) is 6.10. The molecule has 1 aromatic rings. The van der Waals surface area contributed by atoms with E-state index in [1.807, 2.05) is 19.1 Å². The van der Waals surface area contributed by atoms with Gasteiger partial charge in [-0.3, -0.25) is 4.79 Å². The Kier molecular flexibility index (Phi) is 5.87. The minimum atomic E-state index is 0.0618. The highest BCUT2D eigenvalue weighted by Crippen LogP contribution is 2.32. The van der Waals surface area contributed by atoms with Crippen molar-refractivity contribution in [2.75, 3.05) is 19.9 Å². The summed E-state index contributed by atoms with van der Waals surface area (Å²) in [4.78, 5) is 11.5. The average molecular weight is 292 g/mol. The first-order chi connectivity index (χ1) is 10.2. The highest BCUT2D eigenvalue weighted by molar-refractivity contribution is 5.77. The fourth-order valence-corrected chi connectivity index (χ4v) is 2.18. The van der Waals surface area contributed by atoms with Crippen LogP contribution in [-0.2, 0) is 11.2 Å². The zero-order valence-corrected chi connectivity index (χ0v) is 12.8. The second kappa shape index (κ2) is 7.88. The molecule has 0 bridgehead atoms. The van der Waals surface area contributed by atoms with Crippen molar-refractivity contribution in [3.8, 4) is 11.5 Å². The molecule has 0 fully saturated rings. The Morgan fingerprint density at radius 1 is 1.33 bits per heavy atom. The quantitative estimate of drug-likeness (QED) is 0.768. The lowest BCUT2D eigenvalue weighted by molar-refractivity contribution is -0.120. The number of hydrogen-bond donors (Lipinski definition) is 2. The smallest absolute Gasteiger partial charge is 0.233 e. The van der Waals surface area contributed by atoms with Crippen LogP contribution in [0.2, 0.25) is 0 Å². The van der Waals surface area contributed by atoms with E-state index in [1.165, 1.54) is 5.56 Å². The average Bonchev–Trinajstić information content (AvgIpc) is 2.96. The van der Waals surface area contributed by atoms with Crippen LogP contribution in [0.15, 0.2) is 18.2 Å². The lowest BCUT2D eigenvalue weighted by Crippen LogP contribution is -2.38. The maximum absolute atomic E-state index is 11.5. The van der Waals surface area contributed by atoms with E-state index in [1.54, 1.807) is 0 Å². The largest absolute Gasteiger partial charge is 0.454 e. The predicted octanol–water partition coefficient (Wildman–Crippen LogP) is 1.85. The summed E-state index contributed by atoms with van der Waals surface area (Å²) in [6.45, 7) is 5.57. The van der Waals surface area contributed by atoms with E-state index < -0.39 is 0 Å². The molecule has 1 aliphatic rings. The summed E-state index contributed by atoms with van der Waals surface area (Å²) >= 11 is 0. The third kappa shape index (κ3) is 4.93. The molecule has 116 valence electrons. The number of nitrogens with one attached hydrogen (secondary N) is 2. The predicted molar refractivity (Wildman–Crippen MR) is 81.7 cm³/mol. The molecule has 5 heteroatoms. The molecule has 1 aromatic carbocycles. The third-order valence-electron chi connectivity index (χ3n) is 3.49. The first-order valence-electron chi connectivity index (χ1n) is 7.57. The molecule has 0 aromatic heterocycles. The Balaban J connectivity index is 1.69. The summed E-state index contributed by atoms with van der Waals surface area (Å²) in [5.41, 5.74) is 1.23. The second-order valence-electron chi connectivity index (χ2n) is 5.36. The van der Waals surface area contributed by atoms with Gasteiger partial charge in [-0.05, 0) is 43.9 Å². The van der Waals surface area contributed by atoms with Crippen LogP contribution in [0.3, 0.4) is 0 Å². The van der Waals surface area contributed by atoms with Crippen LogP contribution in [-0.4, -0.2) is 31.8 Å². The molecule has 1 amide bonds. The number of benzene rings is 1. The van der Waals surface area contributed by atoms with Gasteiger partial charge in [0, 0.05) is 12.6 Å². The molecule has 0 aliphatic carbocycles. The molecule has 2 N–H and O–H groups in total. The van der Waals surface area contributed by atoms with Gasteiger partial charge in [0.05, 0.1) is 6.54 Å². The van der Waals surface area contributed by atoms with Gasteiger partial charge >= 0.3 is 0 Å². The van der Waals surface area contributed by atoms with Gasteiger partial charge in [0.25, 0.3) is 0 Å². The number of hydrogen-bond acceptors (Lipinski definition) is 4. The zero-order chi connectivity index (χ0) is 15.1. The fraction of sp³-hybridized carbons (Fsp3) is 0.562. The molecular weight excluding hydrogens is 268 g/mol. The second-order valence-corrected chi connectivity index (χ2v) is 5.36. The van der Waals surface area contributed by atoms with Crippen molar-refractivity contribution in [1.29, 1.82) is 0 Å². The SMILES string of the molecule is CCCNC(=O)CNC(C)CCc1ccc2c(c1)OCO2. The van der Waals surface area contributed by atoms with Crippen molar-refractivity contribution in [2.45, 2.75) is 39.2 Å². The minimum absolute atomic E-state index is 0.0618. The lowest BCUT2D eigenvalue weighted by atomic mass is 10.1. The third-order valence-corrected chi connectivity index (χ3v) is 3.49. The van der Waals surface area contributed by atoms with Crippen molar-refractivity contribution < 1.29 is 14.3 Å². The van der Waals surface area contributed by atoms with Crippen molar-refractivity contribution in [1.82, 2.24) is 10.6 Å². The molecule has 0 radical (unpaired) electrons. The van der Waals surface area contributed by atoms with Gasteiger partial charge in [0.2, 0.25) is 12.7 Å². The maximum atomic E-state index is 11.5. The monoisotopic (exact) mass is 292 g/mol. The number of carbonyl (C=O) groups excluding carboxylic acids is 1. The van der Waals surface area contributed by atoms with E-state index in [0.29, 0.717) is 19.4 Å². The summed E-state index contributed by atoms with van der Waals surface area (Å²) in [6.07, 6.45) is 2.88. The number of rotatable bonds is 8. The normalized spacial score (nSPS) is 14.0. The Morgan fingerprint density at radius 3 is 2.95 bits per heavy atom. The molecular formula is C16H24N2O3. The highest BCUT2D eigenvalue weighted by Gasteiger charge is 2.13. The van der Waals surface area contributed by atoms with Crippen LogP contribution in [0.4, 0.5) is 0 Å². The summed E-state index contributed by atoms with van der Waals surface area (Å²) in [6, 6.07) is 6.34. The molecule has 1 atom stereocenters. The van der Waals surface area contributed by atoms with E-state index in [-0.39, 0.29) is 5.91 Å². The maximum Gasteiger partial charge on any atom is 0.233 e. The van der Waals surface area contributed by atoms with E-state index >= 15 is 0 Å². The highest BCUT2D eigenvalue weighted by atomic mass is 16.7. The zero-order valence-electron chi connectivity index (χ0n) is 12.8. The molecule has 0 saturated carbocycles. The van der Waals surface area contributed by atoms with Crippen LogP contribution < -0.4 is 20.1 Å². The summed E-state index contributed by atoms with van der Waals surface area (Å²) < 4.78 is 10.7. The van der Waals surface area contributed by atoms with E-state index in [0.717, 1.165) is 37.3 Å². The molecule has 1 heterocycles. The molecule has 0 spiro atoms. The van der Waals surface area contributed by atoms with Crippen molar-refractivity contribution in [3.05, 3.63) is 23.8 Å². The number of carbonyl (C=O) groups is 1. The van der Waals surface area contributed by atoms with E-state index in [4.69, 9.17) is 9.47 Å². The first kappa shape index (κ1) is 15.6. The van der Waals surface area contributed by atoms with Crippen LogP contribution in [0, 0.1) is 0 Å². The standard InChI is InChI=1S/C16H24N2O3/c1-3-8-17-16(19)10-18-12(2)4-5-13-6-7-14-15(9-13)21-11-20-14/h6-7,9,12,18H,3-5,8,10-11H2,1-2H3,(H,17,19). The Labute approximate surface area is 126 Å². The molecule has 21 heavy (non-hydrogen) atoms. The topological polar surface area (TPSA) is 59.6 Å². The molecule has 1 unspecified atom stereocenters. The molecule has 1 aliphatic heterocycles. The Morgan fingerprint density at radius 2 is 2.14 bits per heavy atom. The van der Waals surface area contributed by atoms with E-state index in [2.05, 4.69) is 23.6 Å². The lowest BCUT2D eigenvalue weighted by Gasteiger charge is -2.13. The number of aryl methyl sites for hydroxylation is 1. The van der Waals surface area contributed by atoms with Crippen molar-refractivity contribution in [3.63, 3.8) is 0 Å². The Hall–Kier alpha value is -1.75. The number of fused-ring (bicyclic) bond motifs is 1. The molecule has 2 rings (SSSR count). The van der Waals surface area contributed by atoms with Crippen LogP contribution in [0.1, 0.15) is 32.3 Å². The van der Waals surface area contributed by atoms with Gasteiger partial charge in [-0.1, -0.05) is 13.0 Å². The molecule has 5 nitrogen and oxygen atoms in total. The van der Waals surface area contributed by atoms with Crippen LogP contribution >= 0.6 is 0 Å². The van der Waals surface area contributed by atoms with Crippen molar-refractivity contribution >= 4 is 5.91 Å². The minimum Gasteiger partial charge on any atom is -0.454 e. The first-order valence-corrected chi connectivity index (χ1v) is 7.57. The summed E-state index contributed by atoms with van der Waals surface area (Å²) in [7, 11) is 0. The fourth-order valence-electron chi connectivity index (χ4n) is 2.18.